The highest BCUT2D eigenvalue weighted by Gasteiger charge is 2.24. The van der Waals surface area contributed by atoms with Crippen molar-refractivity contribution in [3.63, 3.8) is 0 Å². The maximum atomic E-state index is 4.31. The molecule has 2 unspecified atom stereocenters. The molecule has 1 fully saturated rings. The number of rotatable bonds is 2. The van der Waals surface area contributed by atoms with Crippen LogP contribution in [0.15, 0.2) is 18.5 Å². The molecule has 1 N–H and O–H groups in total. The summed E-state index contributed by atoms with van der Waals surface area (Å²) in [5.74, 6) is 2.67. The van der Waals surface area contributed by atoms with Gasteiger partial charge in [-0.15, -0.1) is 0 Å². The molecule has 0 radical (unpaired) electrons. The van der Waals surface area contributed by atoms with Gasteiger partial charge in [0.1, 0.15) is 12.1 Å². The van der Waals surface area contributed by atoms with Gasteiger partial charge < -0.3 is 5.32 Å². The minimum absolute atomic E-state index is 0.549. The van der Waals surface area contributed by atoms with E-state index < -0.39 is 0 Å². The summed E-state index contributed by atoms with van der Waals surface area (Å²) >= 11 is 0. The smallest absolute Gasteiger partial charge is 0.157 e. The van der Waals surface area contributed by atoms with Gasteiger partial charge in [-0.3, -0.25) is 0 Å². The maximum Gasteiger partial charge on any atom is 0.157 e. The Morgan fingerprint density at radius 2 is 1.89 bits per heavy atom. The topological polar surface area (TPSA) is 42.2 Å². The predicted molar refractivity (Wildman–Crippen MR) is 77.3 cm³/mol. The van der Waals surface area contributed by atoms with Crippen LogP contribution in [0.1, 0.15) is 38.7 Å². The van der Waals surface area contributed by atoms with Crippen molar-refractivity contribution < 1.29 is 0 Å². The Kier molecular flexibility index (Phi) is 3.17. The van der Waals surface area contributed by atoms with Crippen LogP contribution < -0.4 is 5.32 Å². The first-order chi connectivity index (χ1) is 9.11. The van der Waals surface area contributed by atoms with Crippen molar-refractivity contribution in [3.05, 3.63) is 24.0 Å². The Labute approximate surface area is 114 Å². The number of fused-ring (bicyclic) bond motifs is 1. The fourth-order valence-corrected chi connectivity index (χ4v) is 3.43. The van der Waals surface area contributed by atoms with Crippen molar-refractivity contribution in [1.29, 1.82) is 0 Å². The van der Waals surface area contributed by atoms with Gasteiger partial charge in [0.2, 0.25) is 0 Å². The fraction of sp³-hybridized carbons (Fsp3) is 0.600. The lowest BCUT2D eigenvalue weighted by Gasteiger charge is -2.32. The fourth-order valence-electron chi connectivity index (χ4n) is 3.43. The molecule has 0 aromatic carbocycles. The van der Waals surface area contributed by atoms with Gasteiger partial charge in [-0.05, 0) is 55.7 Å². The van der Waals surface area contributed by atoms with E-state index in [-0.39, 0.29) is 0 Å². The van der Waals surface area contributed by atoms with Crippen molar-refractivity contribution in [2.75, 3.05) is 5.32 Å². The highest BCUT2D eigenvalue weighted by atomic mass is 15.3. The summed E-state index contributed by atoms with van der Waals surface area (Å²) in [5, 5.41) is 7.98. The second-order valence-electron chi connectivity index (χ2n) is 6.21. The molecule has 4 heteroatoms. The molecule has 1 saturated carbocycles. The van der Waals surface area contributed by atoms with Gasteiger partial charge in [-0.2, -0.15) is 9.61 Å². The Morgan fingerprint density at radius 1 is 1.16 bits per heavy atom. The van der Waals surface area contributed by atoms with E-state index >= 15 is 0 Å². The first kappa shape index (κ1) is 12.5. The highest BCUT2D eigenvalue weighted by Crippen LogP contribution is 2.30. The molecule has 19 heavy (non-hydrogen) atoms. The molecule has 1 aliphatic carbocycles. The summed E-state index contributed by atoms with van der Waals surface area (Å²) in [4.78, 5) is 4.28. The zero-order chi connectivity index (χ0) is 13.4. The van der Waals surface area contributed by atoms with E-state index in [2.05, 4.69) is 48.3 Å². The van der Waals surface area contributed by atoms with Gasteiger partial charge >= 0.3 is 0 Å². The lowest BCUT2D eigenvalue weighted by atomic mass is 9.80. The quantitative estimate of drug-likeness (QED) is 0.899. The summed E-state index contributed by atoms with van der Waals surface area (Å²) in [6, 6.07) is 4.77. The summed E-state index contributed by atoms with van der Waals surface area (Å²) in [7, 11) is 0. The van der Waals surface area contributed by atoms with E-state index in [0.717, 1.165) is 23.3 Å². The SMILES string of the molecule is Cc1cc(NC2CC(C)CC(C)C2)n2ncnc2c1. The van der Waals surface area contributed by atoms with Crippen molar-refractivity contribution in [3.8, 4) is 0 Å². The average Bonchev–Trinajstić information content (AvgIpc) is 2.75. The highest BCUT2D eigenvalue weighted by molar-refractivity contribution is 5.51. The number of aryl methyl sites for hydroxylation is 1. The van der Waals surface area contributed by atoms with E-state index in [4.69, 9.17) is 0 Å². The number of pyridine rings is 1. The molecule has 1 aliphatic rings. The van der Waals surface area contributed by atoms with E-state index in [1.807, 2.05) is 4.52 Å². The van der Waals surface area contributed by atoms with Gasteiger partial charge in [0.15, 0.2) is 5.65 Å². The molecule has 0 amide bonds. The third-order valence-electron chi connectivity index (χ3n) is 4.05. The van der Waals surface area contributed by atoms with E-state index in [1.165, 1.54) is 24.8 Å². The molecule has 2 atom stereocenters. The average molecular weight is 258 g/mol. The molecular weight excluding hydrogens is 236 g/mol. The number of hydrogen-bond acceptors (Lipinski definition) is 3. The first-order valence-electron chi connectivity index (χ1n) is 7.18. The van der Waals surface area contributed by atoms with E-state index in [0.29, 0.717) is 6.04 Å². The normalized spacial score (nSPS) is 27.6. The second-order valence-corrected chi connectivity index (χ2v) is 6.21. The number of nitrogens with zero attached hydrogens (tertiary/aromatic N) is 3. The molecule has 102 valence electrons. The molecule has 0 saturated heterocycles. The molecule has 0 spiro atoms. The minimum Gasteiger partial charge on any atom is -0.367 e. The van der Waals surface area contributed by atoms with Gasteiger partial charge in [0.25, 0.3) is 0 Å². The molecule has 2 heterocycles. The Balaban J connectivity index is 1.86. The number of hydrogen-bond donors (Lipinski definition) is 1. The van der Waals surface area contributed by atoms with Crippen molar-refractivity contribution in [1.82, 2.24) is 14.6 Å². The van der Waals surface area contributed by atoms with Gasteiger partial charge in [-0.1, -0.05) is 13.8 Å². The van der Waals surface area contributed by atoms with Crippen LogP contribution in [0.3, 0.4) is 0 Å². The van der Waals surface area contributed by atoms with Crippen molar-refractivity contribution in [2.24, 2.45) is 11.8 Å². The molecule has 2 aromatic rings. The molecule has 4 nitrogen and oxygen atoms in total. The maximum absolute atomic E-state index is 4.31. The summed E-state index contributed by atoms with van der Waals surface area (Å²) < 4.78 is 1.90. The molecule has 3 rings (SSSR count). The zero-order valence-corrected chi connectivity index (χ0v) is 11.9. The van der Waals surface area contributed by atoms with Crippen LogP contribution in [0.2, 0.25) is 0 Å². The Bertz CT molecular complexity index is 565. The molecular formula is C15H22N4. The summed E-state index contributed by atoms with van der Waals surface area (Å²) in [5.41, 5.74) is 2.14. The van der Waals surface area contributed by atoms with Crippen LogP contribution in [-0.2, 0) is 0 Å². The Morgan fingerprint density at radius 3 is 2.63 bits per heavy atom. The Hall–Kier alpha value is -1.58. The second kappa shape index (κ2) is 4.83. The van der Waals surface area contributed by atoms with E-state index in [1.54, 1.807) is 6.33 Å². The lowest BCUT2D eigenvalue weighted by molar-refractivity contribution is 0.280. The first-order valence-corrected chi connectivity index (χ1v) is 7.18. The number of anilines is 1. The van der Waals surface area contributed by atoms with Crippen molar-refractivity contribution >= 4 is 11.5 Å². The van der Waals surface area contributed by atoms with Gasteiger partial charge in [-0.25, -0.2) is 4.98 Å². The largest absolute Gasteiger partial charge is 0.367 e. The van der Waals surface area contributed by atoms with Crippen LogP contribution in [-0.4, -0.2) is 20.6 Å². The summed E-state index contributed by atoms with van der Waals surface area (Å²) in [6.45, 7) is 6.81. The van der Waals surface area contributed by atoms with E-state index in [9.17, 15) is 0 Å². The van der Waals surface area contributed by atoms with Gasteiger partial charge in [0.05, 0.1) is 0 Å². The number of aromatic nitrogens is 3. The van der Waals surface area contributed by atoms with Crippen LogP contribution in [0, 0.1) is 18.8 Å². The summed E-state index contributed by atoms with van der Waals surface area (Å²) in [6.07, 6.45) is 5.46. The zero-order valence-electron chi connectivity index (χ0n) is 11.9. The van der Waals surface area contributed by atoms with Crippen LogP contribution >= 0.6 is 0 Å². The molecule has 0 aliphatic heterocycles. The number of nitrogens with one attached hydrogen (secondary N) is 1. The molecule has 2 aromatic heterocycles. The monoisotopic (exact) mass is 258 g/mol. The third kappa shape index (κ3) is 2.57. The molecule has 0 bridgehead atoms. The van der Waals surface area contributed by atoms with Crippen LogP contribution in [0.25, 0.3) is 5.65 Å². The third-order valence-corrected chi connectivity index (χ3v) is 4.05. The standard InChI is InChI=1S/C15H22N4/c1-10-4-11(2)6-13(5-10)18-15-8-12(3)7-14-16-9-17-19(14)15/h7-11,13,18H,4-6H2,1-3H3. The van der Waals surface area contributed by atoms with Crippen LogP contribution in [0.4, 0.5) is 5.82 Å². The van der Waals surface area contributed by atoms with Gasteiger partial charge in [0, 0.05) is 6.04 Å². The van der Waals surface area contributed by atoms with Crippen molar-refractivity contribution in [2.45, 2.75) is 46.1 Å². The lowest BCUT2D eigenvalue weighted by Crippen LogP contribution is -2.31. The van der Waals surface area contributed by atoms with Crippen LogP contribution in [0.5, 0.6) is 0 Å². The predicted octanol–water partition coefficient (Wildman–Crippen LogP) is 3.27. The minimum atomic E-state index is 0.549.